The minimum absolute atomic E-state index is 0.0522. The van der Waals surface area contributed by atoms with Crippen molar-refractivity contribution in [1.82, 2.24) is 4.72 Å². The SMILES string of the molecule is C=S1(=O)NC(=O)c2ccc3c(c2)N(C[C@@H]2CC[C@H]2[C@@H](OC)/C=C/[C@H]2CCC[C@H]1C2)C[C@@]1(CCCc2cc(Cl)ccc21)CO3. The number of fused-ring (bicyclic) bond motifs is 6. The van der Waals surface area contributed by atoms with E-state index < -0.39 is 9.71 Å². The van der Waals surface area contributed by atoms with Crippen LogP contribution in [0.1, 0.15) is 72.9 Å². The van der Waals surface area contributed by atoms with Crippen LogP contribution in [0.2, 0.25) is 5.02 Å². The Morgan fingerprint density at radius 2 is 2.00 bits per heavy atom. The van der Waals surface area contributed by atoms with Gasteiger partial charge in [-0.2, -0.15) is 0 Å². The standard InChI is InChI=1S/C35H43ClN2O4S/c1-41-32-14-8-23-5-3-7-28(17-23)43(2,40)37-34(39)25-10-15-33-31(19-25)38(20-26-9-12-29(26)32)21-35(22-42-33)16-4-6-24-18-27(36)11-13-30(24)35/h8,10-11,13-15,18-19,23,26,28-29,32H,2-7,9,12,16-17,20-22H2,1H3,(H,37,39,40)/b14-8+/t23-,26+,28+,29-,32+,35+,43?/m1/s1. The van der Waals surface area contributed by atoms with Crippen molar-refractivity contribution in [3.8, 4) is 5.75 Å². The maximum Gasteiger partial charge on any atom is 0.262 e. The van der Waals surface area contributed by atoms with Gasteiger partial charge in [0.1, 0.15) is 5.75 Å². The molecule has 0 saturated heterocycles. The molecule has 1 amide bonds. The van der Waals surface area contributed by atoms with Crippen molar-refractivity contribution in [1.29, 1.82) is 0 Å². The fourth-order valence-electron chi connectivity index (χ4n) is 8.46. The molecule has 7 atom stereocenters. The van der Waals surface area contributed by atoms with E-state index in [0.29, 0.717) is 29.9 Å². The lowest BCUT2D eigenvalue weighted by Crippen LogP contribution is -2.49. The number of hydrogen-bond acceptors (Lipinski definition) is 5. The zero-order chi connectivity index (χ0) is 29.8. The number of methoxy groups -OCH3 is 1. The third-order valence-electron chi connectivity index (χ3n) is 11.0. The smallest absolute Gasteiger partial charge is 0.262 e. The van der Waals surface area contributed by atoms with Gasteiger partial charge in [-0.05, 0) is 116 Å². The number of nitrogens with zero attached hydrogens (tertiary/aromatic N) is 1. The molecular formula is C35H43ClN2O4S. The molecule has 3 aliphatic carbocycles. The summed E-state index contributed by atoms with van der Waals surface area (Å²) < 4.78 is 29.5. The molecule has 1 unspecified atom stereocenters. The highest BCUT2D eigenvalue weighted by atomic mass is 35.5. The monoisotopic (exact) mass is 622 g/mol. The number of anilines is 1. The van der Waals surface area contributed by atoms with Crippen molar-refractivity contribution in [2.45, 2.75) is 74.6 Å². The summed E-state index contributed by atoms with van der Waals surface area (Å²) in [5.74, 6) is 5.74. The van der Waals surface area contributed by atoms with Crippen LogP contribution >= 0.6 is 11.6 Å². The van der Waals surface area contributed by atoms with Crippen LogP contribution in [0.15, 0.2) is 48.6 Å². The molecule has 2 aromatic rings. The number of benzene rings is 2. The Morgan fingerprint density at radius 3 is 2.81 bits per heavy atom. The molecule has 6 nitrogen and oxygen atoms in total. The zero-order valence-corrected chi connectivity index (χ0v) is 26.6. The summed E-state index contributed by atoms with van der Waals surface area (Å²) in [6, 6.07) is 12.0. The maximum absolute atomic E-state index is 13.9. The number of aryl methyl sites for hydroxylation is 1. The first-order chi connectivity index (χ1) is 20.7. The lowest BCUT2D eigenvalue weighted by atomic mass is 9.68. The molecule has 1 spiro atoms. The maximum atomic E-state index is 13.9. The van der Waals surface area contributed by atoms with Crippen molar-refractivity contribution in [2.24, 2.45) is 17.8 Å². The normalized spacial score (nSPS) is 36.3. The molecule has 43 heavy (non-hydrogen) atoms. The second-order valence-electron chi connectivity index (χ2n) is 13.6. The second kappa shape index (κ2) is 11.5. The van der Waals surface area contributed by atoms with Gasteiger partial charge in [-0.3, -0.25) is 9.52 Å². The number of nitrogens with one attached hydrogen (secondary N) is 1. The summed E-state index contributed by atoms with van der Waals surface area (Å²) in [4.78, 5) is 16.1. The molecule has 4 bridgehead atoms. The molecule has 2 saturated carbocycles. The number of halogens is 1. The number of carbonyl (C=O) groups excluding carboxylic acids is 1. The first kappa shape index (κ1) is 29.2. The lowest BCUT2D eigenvalue weighted by Gasteiger charge is -2.46. The molecule has 230 valence electrons. The molecule has 2 fully saturated rings. The first-order valence-electron chi connectivity index (χ1n) is 15.9. The van der Waals surface area contributed by atoms with Gasteiger partial charge in [-0.15, -0.1) is 0 Å². The Kier molecular flexibility index (Phi) is 7.80. The molecule has 2 aromatic carbocycles. The summed E-state index contributed by atoms with van der Waals surface area (Å²) in [6.45, 7) is 2.23. The van der Waals surface area contributed by atoms with Crippen molar-refractivity contribution < 1.29 is 18.5 Å². The van der Waals surface area contributed by atoms with Crippen LogP contribution in [0, 0.1) is 17.8 Å². The summed E-state index contributed by atoms with van der Waals surface area (Å²) in [6.07, 6.45) is 13.7. The minimum atomic E-state index is -2.83. The Labute approximate surface area is 261 Å². The molecule has 2 heterocycles. The number of ether oxygens (including phenoxy) is 2. The third-order valence-corrected chi connectivity index (χ3v) is 13.2. The Bertz CT molecular complexity index is 1540. The van der Waals surface area contributed by atoms with E-state index in [9.17, 15) is 9.00 Å². The average Bonchev–Trinajstić information content (AvgIpc) is 3.13. The van der Waals surface area contributed by atoms with Gasteiger partial charge < -0.3 is 14.4 Å². The van der Waals surface area contributed by atoms with E-state index in [2.05, 4.69) is 39.8 Å². The van der Waals surface area contributed by atoms with Crippen LogP contribution in [-0.2, 0) is 26.3 Å². The molecule has 8 heteroatoms. The van der Waals surface area contributed by atoms with Crippen LogP contribution in [0.3, 0.4) is 0 Å². The van der Waals surface area contributed by atoms with Crippen molar-refractivity contribution in [3.05, 3.63) is 70.3 Å². The van der Waals surface area contributed by atoms with Gasteiger partial charge in [0.15, 0.2) is 0 Å². The number of rotatable bonds is 1. The van der Waals surface area contributed by atoms with Crippen molar-refractivity contribution in [2.75, 3.05) is 31.7 Å². The Hall–Kier alpha value is -2.48. The van der Waals surface area contributed by atoms with Gasteiger partial charge in [-0.1, -0.05) is 36.2 Å². The fraction of sp³-hybridized carbons (Fsp3) is 0.543. The fourth-order valence-corrected chi connectivity index (χ4v) is 10.4. The predicted molar refractivity (Wildman–Crippen MR) is 175 cm³/mol. The van der Waals surface area contributed by atoms with E-state index in [0.717, 1.165) is 87.3 Å². The van der Waals surface area contributed by atoms with Crippen molar-refractivity contribution in [3.63, 3.8) is 0 Å². The van der Waals surface area contributed by atoms with E-state index in [1.54, 1.807) is 6.07 Å². The molecule has 7 rings (SSSR count). The summed E-state index contributed by atoms with van der Waals surface area (Å²) in [5.41, 5.74) is 3.88. The zero-order valence-electron chi connectivity index (χ0n) is 25.1. The number of amides is 1. The van der Waals surface area contributed by atoms with Gasteiger partial charge in [-0.25, -0.2) is 4.21 Å². The molecular weight excluding hydrogens is 580 g/mol. The van der Waals surface area contributed by atoms with E-state index in [1.165, 1.54) is 11.1 Å². The van der Waals surface area contributed by atoms with Crippen LogP contribution in [0.4, 0.5) is 5.69 Å². The largest absolute Gasteiger partial charge is 0.490 e. The lowest BCUT2D eigenvalue weighted by molar-refractivity contribution is 0.0129. The van der Waals surface area contributed by atoms with E-state index in [-0.39, 0.29) is 22.7 Å². The van der Waals surface area contributed by atoms with Gasteiger partial charge >= 0.3 is 0 Å². The Morgan fingerprint density at radius 1 is 1.12 bits per heavy atom. The minimum Gasteiger partial charge on any atom is -0.490 e. The van der Waals surface area contributed by atoms with Crippen LogP contribution < -0.4 is 14.4 Å². The Balaban J connectivity index is 1.30. The molecule has 2 aliphatic heterocycles. The van der Waals surface area contributed by atoms with E-state index >= 15 is 0 Å². The molecule has 5 aliphatic rings. The average molecular weight is 623 g/mol. The molecule has 0 radical (unpaired) electrons. The quantitative estimate of drug-likeness (QED) is 0.297. The van der Waals surface area contributed by atoms with Gasteiger partial charge in [0.05, 0.1) is 28.1 Å². The highest BCUT2D eigenvalue weighted by Crippen LogP contribution is 2.47. The van der Waals surface area contributed by atoms with E-state index in [4.69, 9.17) is 21.1 Å². The topological polar surface area (TPSA) is 67.9 Å². The van der Waals surface area contributed by atoms with Crippen LogP contribution in [-0.4, -0.2) is 54.1 Å². The summed E-state index contributed by atoms with van der Waals surface area (Å²) in [5, 5.41) is 0.627. The van der Waals surface area contributed by atoms with Gasteiger partial charge in [0.25, 0.3) is 5.91 Å². The second-order valence-corrected chi connectivity index (χ2v) is 16.3. The van der Waals surface area contributed by atoms with Crippen LogP contribution in [0.25, 0.3) is 0 Å². The van der Waals surface area contributed by atoms with Gasteiger partial charge in [0.2, 0.25) is 0 Å². The summed E-state index contributed by atoms with van der Waals surface area (Å²) in [7, 11) is -1.00. The molecule has 0 aromatic heterocycles. The van der Waals surface area contributed by atoms with E-state index in [1.807, 2.05) is 25.3 Å². The molecule has 1 N–H and O–H groups in total. The number of hydrogen-bond donors (Lipinski definition) is 1. The highest BCUT2D eigenvalue weighted by molar-refractivity contribution is 7.99. The third kappa shape index (κ3) is 5.51. The van der Waals surface area contributed by atoms with Crippen LogP contribution in [0.5, 0.6) is 5.75 Å². The summed E-state index contributed by atoms with van der Waals surface area (Å²) >= 11 is 6.43. The number of carbonyl (C=O) groups is 1. The predicted octanol–water partition coefficient (Wildman–Crippen LogP) is 6.34. The first-order valence-corrected chi connectivity index (χ1v) is 18.1. The number of allylic oxidation sites excluding steroid dienone is 1. The van der Waals surface area contributed by atoms with Gasteiger partial charge in [0, 0.05) is 41.5 Å². The van der Waals surface area contributed by atoms with Crippen molar-refractivity contribution >= 4 is 38.8 Å². The highest BCUT2D eigenvalue weighted by Gasteiger charge is 2.44.